The predicted molar refractivity (Wildman–Crippen MR) is 90.9 cm³/mol. The quantitative estimate of drug-likeness (QED) is 0.773. The van der Waals surface area contributed by atoms with E-state index in [2.05, 4.69) is 42.5 Å². The maximum absolute atomic E-state index is 5.26. The summed E-state index contributed by atoms with van der Waals surface area (Å²) in [4.78, 5) is 7.43. The van der Waals surface area contributed by atoms with Gasteiger partial charge in [-0.05, 0) is 38.9 Å². The van der Waals surface area contributed by atoms with Crippen molar-refractivity contribution in [3.05, 3.63) is 0 Å². The Bertz CT molecular complexity index is 234. The standard InChI is InChI=1S/C9H19NO.C8H18N2/c1-9(2)3-4-10-5-7-11-8-6-10;1-3-4-10-7-5-9(2)6-8-10/h9H,3-8H2,1-2H3;3-8H2,1-2H3. The van der Waals surface area contributed by atoms with Crippen molar-refractivity contribution in [2.45, 2.75) is 33.6 Å². The van der Waals surface area contributed by atoms with E-state index >= 15 is 0 Å². The molecule has 0 unspecified atom stereocenters. The summed E-state index contributed by atoms with van der Waals surface area (Å²) in [7, 11) is 2.20. The van der Waals surface area contributed by atoms with Crippen LogP contribution in [-0.4, -0.2) is 87.3 Å². The third-order valence-corrected chi connectivity index (χ3v) is 4.26. The van der Waals surface area contributed by atoms with Gasteiger partial charge < -0.3 is 14.5 Å². The molecule has 0 aromatic rings. The number of hydrogen-bond donors (Lipinski definition) is 0. The zero-order valence-electron chi connectivity index (χ0n) is 14.8. The molecule has 2 fully saturated rings. The molecule has 4 nitrogen and oxygen atoms in total. The molecular formula is C17H37N3O. The highest BCUT2D eigenvalue weighted by molar-refractivity contribution is 4.68. The molecule has 0 atom stereocenters. The molecule has 0 N–H and O–H groups in total. The van der Waals surface area contributed by atoms with Gasteiger partial charge in [-0.15, -0.1) is 0 Å². The van der Waals surface area contributed by atoms with Crippen molar-refractivity contribution < 1.29 is 4.74 Å². The molecule has 0 saturated carbocycles. The Kier molecular flexibility index (Phi) is 10.3. The van der Waals surface area contributed by atoms with Gasteiger partial charge in [0.25, 0.3) is 0 Å². The Morgan fingerprint density at radius 3 is 1.95 bits per heavy atom. The van der Waals surface area contributed by atoms with E-state index in [0.29, 0.717) is 0 Å². The van der Waals surface area contributed by atoms with E-state index in [1.54, 1.807) is 0 Å². The fraction of sp³-hybridized carbons (Fsp3) is 1.00. The van der Waals surface area contributed by atoms with Gasteiger partial charge in [0.2, 0.25) is 0 Å². The fourth-order valence-electron chi connectivity index (χ4n) is 2.65. The number of likely N-dealkylation sites (N-methyl/N-ethyl adjacent to an activating group) is 1. The number of hydrogen-bond acceptors (Lipinski definition) is 4. The summed E-state index contributed by atoms with van der Waals surface area (Å²) in [6.45, 7) is 18.5. The number of rotatable bonds is 5. The van der Waals surface area contributed by atoms with Gasteiger partial charge in [0.15, 0.2) is 0 Å². The number of ether oxygens (including phenoxy) is 1. The predicted octanol–water partition coefficient (Wildman–Crippen LogP) is 2.01. The number of nitrogens with zero attached hydrogens (tertiary/aromatic N) is 3. The molecule has 21 heavy (non-hydrogen) atoms. The van der Waals surface area contributed by atoms with Crippen LogP contribution in [0.1, 0.15) is 33.6 Å². The van der Waals surface area contributed by atoms with Crippen LogP contribution in [0.3, 0.4) is 0 Å². The van der Waals surface area contributed by atoms with Crippen LogP contribution >= 0.6 is 0 Å². The molecule has 0 aromatic carbocycles. The largest absolute Gasteiger partial charge is 0.379 e. The fourth-order valence-corrected chi connectivity index (χ4v) is 2.65. The summed E-state index contributed by atoms with van der Waals surface area (Å²) in [6, 6.07) is 0. The minimum atomic E-state index is 0.831. The molecule has 2 aliphatic rings. The SMILES string of the molecule is CC(C)CCN1CCOCC1.CCCN1CCN(C)CC1. The molecule has 2 saturated heterocycles. The second kappa shape index (κ2) is 11.4. The van der Waals surface area contributed by atoms with Crippen molar-refractivity contribution in [2.24, 2.45) is 5.92 Å². The van der Waals surface area contributed by atoms with E-state index in [-0.39, 0.29) is 0 Å². The van der Waals surface area contributed by atoms with Gasteiger partial charge in [0.1, 0.15) is 0 Å². The number of piperazine rings is 1. The molecule has 0 amide bonds. The van der Waals surface area contributed by atoms with Gasteiger partial charge in [0, 0.05) is 39.3 Å². The van der Waals surface area contributed by atoms with E-state index in [1.807, 2.05) is 0 Å². The van der Waals surface area contributed by atoms with Crippen LogP contribution in [0.25, 0.3) is 0 Å². The van der Waals surface area contributed by atoms with Crippen molar-refractivity contribution in [3.8, 4) is 0 Å². The average molecular weight is 300 g/mol. The van der Waals surface area contributed by atoms with Crippen LogP contribution < -0.4 is 0 Å². The molecule has 0 aromatic heterocycles. The molecular weight excluding hydrogens is 262 g/mol. The normalized spacial score (nSPS) is 22.1. The smallest absolute Gasteiger partial charge is 0.0594 e. The van der Waals surface area contributed by atoms with Crippen molar-refractivity contribution in [2.75, 3.05) is 72.6 Å². The first-order valence-corrected chi connectivity index (χ1v) is 8.82. The Labute approximate surface area is 132 Å². The van der Waals surface area contributed by atoms with Gasteiger partial charge in [-0.3, -0.25) is 4.90 Å². The third-order valence-electron chi connectivity index (χ3n) is 4.26. The topological polar surface area (TPSA) is 19.0 Å². The maximum atomic E-state index is 5.26. The monoisotopic (exact) mass is 299 g/mol. The molecule has 4 heteroatoms. The maximum Gasteiger partial charge on any atom is 0.0594 e. The Hall–Kier alpha value is -0.160. The molecule has 0 spiro atoms. The molecule has 2 rings (SSSR count). The first kappa shape index (κ1) is 18.9. The Morgan fingerprint density at radius 2 is 1.43 bits per heavy atom. The summed E-state index contributed by atoms with van der Waals surface area (Å²) in [5.41, 5.74) is 0. The van der Waals surface area contributed by atoms with E-state index in [1.165, 1.54) is 52.1 Å². The zero-order valence-corrected chi connectivity index (χ0v) is 14.8. The minimum Gasteiger partial charge on any atom is -0.379 e. The lowest BCUT2D eigenvalue weighted by atomic mass is 10.1. The van der Waals surface area contributed by atoms with Crippen LogP contribution in [0.4, 0.5) is 0 Å². The van der Waals surface area contributed by atoms with Crippen LogP contribution in [0.15, 0.2) is 0 Å². The van der Waals surface area contributed by atoms with E-state index < -0.39 is 0 Å². The summed E-state index contributed by atoms with van der Waals surface area (Å²) in [5.74, 6) is 0.831. The molecule has 0 aliphatic carbocycles. The summed E-state index contributed by atoms with van der Waals surface area (Å²) in [5, 5.41) is 0. The average Bonchev–Trinajstić information content (AvgIpc) is 2.50. The molecule has 126 valence electrons. The molecule has 0 radical (unpaired) electrons. The highest BCUT2D eigenvalue weighted by Crippen LogP contribution is 2.03. The lowest BCUT2D eigenvalue weighted by Gasteiger charge is -2.31. The van der Waals surface area contributed by atoms with Crippen molar-refractivity contribution in [3.63, 3.8) is 0 Å². The van der Waals surface area contributed by atoms with Gasteiger partial charge in [0.05, 0.1) is 13.2 Å². The number of morpholine rings is 1. The molecule has 2 aliphatic heterocycles. The van der Waals surface area contributed by atoms with Crippen LogP contribution in [0.2, 0.25) is 0 Å². The second-order valence-corrected chi connectivity index (χ2v) is 6.78. The van der Waals surface area contributed by atoms with E-state index in [9.17, 15) is 0 Å². The van der Waals surface area contributed by atoms with E-state index in [0.717, 1.165) is 32.2 Å². The van der Waals surface area contributed by atoms with Gasteiger partial charge in [-0.25, -0.2) is 0 Å². The van der Waals surface area contributed by atoms with Gasteiger partial charge in [-0.1, -0.05) is 20.8 Å². The first-order chi connectivity index (χ1) is 10.1. The van der Waals surface area contributed by atoms with Crippen molar-refractivity contribution in [1.29, 1.82) is 0 Å². The lowest BCUT2D eigenvalue weighted by molar-refractivity contribution is 0.0360. The molecule has 0 bridgehead atoms. The summed E-state index contributed by atoms with van der Waals surface area (Å²) in [6.07, 6.45) is 2.61. The summed E-state index contributed by atoms with van der Waals surface area (Å²) < 4.78 is 5.26. The molecule has 2 heterocycles. The van der Waals surface area contributed by atoms with Crippen LogP contribution in [0, 0.1) is 5.92 Å². The lowest BCUT2D eigenvalue weighted by Crippen LogP contribution is -2.44. The Morgan fingerprint density at radius 1 is 0.857 bits per heavy atom. The van der Waals surface area contributed by atoms with Gasteiger partial charge in [-0.2, -0.15) is 0 Å². The highest BCUT2D eigenvalue weighted by Gasteiger charge is 2.11. The second-order valence-electron chi connectivity index (χ2n) is 6.78. The minimum absolute atomic E-state index is 0.831. The third kappa shape index (κ3) is 9.46. The Balaban J connectivity index is 0.000000211. The highest BCUT2D eigenvalue weighted by atomic mass is 16.5. The first-order valence-electron chi connectivity index (χ1n) is 8.82. The summed E-state index contributed by atoms with van der Waals surface area (Å²) >= 11 is 0. The van der Waals surface area contributed by atoms with Crippen molar-refractivity contribution >= 4 is 0 Å². The van der Waals surface area contributed by atoms with Crippen LogP contribution in [0.5, 0.6) is 0 Å². The van der Waals surface area contributed by atoms with Crippen LogP contribution in [-0.2, 0) is 4.74 Å². The van der Waals surface area contributed by atoms with Crippen molar-refractivity contribution in [1.82, 2.24) is 14.7 Å². The van der Waals surface area contributed by atoms with Gasteiger partial charge >= 0.3 is 0 Å². The zero-order chi connectivity index (χ0) is 15.5. The van der Waals surface area contributed by atoms with E-state index in [4.69, 9.17) is 4.74 Å².